The van der Waals surface area contributed by atoms with Gasteiger partial charge in [0.25, 0.3) is 0 Å². The molecule has 0 saturated heterocycles. The molecule has 1 radical (unpaired) electrons. The van der Waals surface area contributed by atoms with Gasteiger partial charge in [-0.2, -0.15) is 0 Å². The summed E-state index contributed by atoms with van der Waals surface area (Å²) in [4.78, 5) is 23.5. The number of hydrogen-bond donors (Lipinski definition) is 1. The van der Waals surface area contributed by atoms with E-state index in [9.17, 15) is 9.59 Å². The summed E-state index contributed by atoms with van der Waals surface area (Å²) < 4.78 is 0. The molecular formula is C21H37NNaO3. The van der Waals surface area contributed by atoms with Crippen LogP contribution in [-0.2, 0) is 9.59 Å². The van der Waals surface area contributed by atoms with E-state index >= 15 is 0 Å². The van der Waals surface area contributed by atoms with Gasteiger partial charge in [-0.3, -0.25) is 9.59 Å². The third-order valence-corrected chi connectivity index (χ3v) is 4.14. The van der Waals surface area contributed by atoms with Gasteiger partial charge in [0.05, 0.1) is 0 Å². The summed E-state index contributed by atoms with van der Waals surface area (Å²) in [6.07, 6.45) is 22.2. The first-order chi connectivity index (χ1) is 12.1. The molecule has 0 bridgehead atoms. The number of likely N-dealkylation sites (N-methyl/N-ethyl adjacent to an activating group) is 1. The molecule has 0 aliphatic heterocycles. The number of carboxylic acids is 1. The van der Waals surface area contributed by atoms with Crippen LogP contribution >= 0.6 is 0 Å². The number of allylic oxidation sites excluding steroid dienone is 4. The zero-order chi connectivity index (χ0) is 18.8. The van der Waals surface area contributed by atoms with Crippen molar-refractivity contribution in [2.45, 2.75) is 84.0 Å². The fourth-order valence-corrected chi connectivity index (χ4v) is 2.57. The van der Waals surface area contributed by atoms with Crippen molar-refractivity contribution in [1.29, 1.82) is 0 Å². The van der Waals surface area contributed by atoms with Crippen molar-refractivity contribution in [3.05, 3.63) is 24.3 Å². The standard InChI is InChI=1S/C21H37NO3.Na/c1-3-4-5-6-7-8-9-10-11-12-13-14-15-16-17-18-20(23)22(2)19-21(24)25;/h7-8,10-11H,3-6,9,12-19H2,1-2H3,(H,24,25);/b8-7-,11-10-;. The molecule has 0 rings (SSSR count). The van der Waals surface area contributed by atoms with Crippen molar-refractivity contribution in [3.8, 4) is 0 Å². The molecule has 0 fully saturated rings. The Morgan fingerprint density at radius 2 is 1.38 bits per heavy atom. The van der Waals surface area contributed by atoms with E-state index in [-0.39, 0.29) is 42.0 Å². The van der Waals surface area contributed by atoms with E-state index < -0.39 is 5.97 Å². The number of aliphatic carboxylic acids is 1. The summed E-state index contributed by atoms with van der Waals surface area (Å²) in [5.74, 6) is -1.04. The number of nitrogens with zero attached hydrogens (tertiary/aromatic N) is 1. The SMILES string of the molecule is CCCCC/C=C\C/C=C\CCCCCCCC(=O)N(C)CC(=O)O.[Na]. The summed E-state index contributed by atoms with van der Waals surface area (Å²) in [6, 6.07) is 0. The third-order valence-electron chi connectivity index (χ3n) is 4.14. The first-order valence-corrected chi connectivity index (χ1v) is 9.83. The maximum atomic E-state index is 11.7. The predicted molar refractivity (Wildman–Crippen MR) is 110 cm³/mol. The smallest absolute Gasteiger partial charge is 0.323 e. The van der Waals surface area contributed by atoms with Gasteiger partial charge in [-0.15, -0.1) is 0 Å². The average Bonchev–Trinajstić information content (AvgIpc) is 2.57. The molecule has 0 aromatic carbocycles. The first kappa shape index (κ1) is 27.6. The van der Waals surface area contributed by atoms with E-state index in [4.69, 9.17) is 5.11 Å². The molecule has 4 nitrogen and oxygen atoms in total. The Hall–Kier alpha value is -0.580. The minimum absolute atomic E-state index is 0. The maximum Gasteiger partial charge on any atom is 0.323 e. The van der Waals surface area contributed by atoms with Crippen LogP contribution in [0.2, 0.25) is 0 Å². The summed E-state index contributed by atoms with van der Waals surface area (Å²) in [7, 11) is 1.54. The second-order valence-corrected chi connectivity index (χ2v) is 6.62. The molecule has 0 unspecified atom stereocenters. The molecular weight excluding hydrogens is 337 g/mol. The van der Waals surface area contributed by atoms with E-state index in [1.807, 2.05) is 0 Å². The molecule has 0 aromatic rings. The molecule has 1 amide bonds. The van der Waals surface area contributed by atoms with Gasteiger partial charge in [-0.1, -0.05) is 63.3 Å². The molecule has 1 N–H and O–H groups in total. The van der Waals surface area contributed by atoms with Crippen molar-refractivity contribution in [1.82, 2.24) is 4.90 Å². The van der Waals surface area contributed by atoms with Gasteiger partial charge < -0.3 is 10.0 Å². The van der Waals surface area contributed by atoms with Gasteiger partial charge in [0, 0.05) is 43.0 Å². The van der Waals surface area contributed by atoms with Gasteiger partial charge in [0.1, 0.15) is 6.54 Å². The zero-order valence-electron chi connectivity index (χ0n) is 17.2. The molecule has 145 valence electrons. The predicted octanol–water partition coefficient (Wildman–Crippen LogP) is 4.96. The van der Waals surface area contributed by atoms with E-state index in [1.165, 1.54) is 43.4 Å². The summed E-state index contributed by atoms with van der Waals surface area (Å²) in [5.41, 5.74) is 0. The molecule has 0 saturated carbocycles. The molecule has 5 heteroatoms. The quantitative estimate of drug-likeness (QED) is 0.236. The number of carbonyl (C=O) groups is 2. The van der Waals surface area contributed by atoms with E-state index in [0.717, 1.165) is 32.1 Å². The van der Waals surface area contributed by atoms with Crippen LogP contribution in [0.4, 0.5) is 0 Å². The van der Waals surface area contributed by atoms with Crippen molar-refractivity contribution < 1.29 is 14.7 Å². The Morgan fingerprint density at radius 3 is 1.96 bits per heavy atom. The molecule has 0 aliphatic rings. The molecule has 0 aromatic heterocycles. The topological polar surface area (TPSA) is 57.6 Å². The largest absolute Gasteiger partial charge is 0.480 e. The Kier molecular flexibility index (Phi) is 22.0. The van der Waals surface area contributed by atoms with Gasteiger partial charge in [-0.25, -0.2) is 0 Å². The zero-order valence-corrected chi connectivity index (χ0v) is 19.2. The van der Waals surface area contributed by atoms with Crippen molar-refractivity contribution in [2.75, 3.05) is 13.6 Å². The summed E-state index contributed by atoms with van der Waals surface area (Å²) in [5, 5.41) is 8.63. The maximum absolute atomic E-state index is 11.7. The fraction of sp³-hybridized carbons (Fsp3) is 0.714. The average molecular weight is 375 g/mol. The van der Waals surface area contributed by atoms with Crippen LogP contribution in [0.25, 0.3) is 0 Å². The second kappa shape index (κ2) is 20.7. The normalized spacial score (nSPS) is 11.0. The van der Waals surface area contributed by atoms with Crippen LogP contribution in [0.15, 0.2) is 24.3 Å². The van der Waals surface area contributed by atoms with Gasteiger partial charge in [0.2, 0.25) is 5.91 Å². The van der Waals surface area contributed by atoms with Gasteiger partial charge >= 0.3 is 5.97 Å². The van der Waals surface area contributed by atoms with Gasteiger partial charge in [-0.05, 0) is 38.5 Å². The van der Waals surface area contributed by atoms with E-state index in [2.05, 4.69) is 31.2 Å². The molecule has 0 atom stereocenters. The fourth-order valence-electron chi connectivity index (χ4n) is 2.57. The molecule has 0 aliphatic carbocycles. The summed E-state index contributed by atoms with van der Waals surface area (Å²) in [6.45, 7) is 2.02. The minimum Gasteiger partial charge on any atom is -0.480 e. The molecule has 0 spiro atoms. The van der Waals surface area contributed by atoms with Crippen LogP contribution in [0, 0.1) is 0 Å². The van der Waals surface area contributed by atoms with Crippen molar-refractivity contribution in [3.63, 3.8) is 0 Å². The molecule has 0 heterocycles. The Labute approximate surface area is 182 Å². The van der Waals surface area contributed by atoms with Gasteiger partial charge in [0.15, 0.2) is 0 Å². The van der Waals surface area contributed by atoms with Crippen LogP contribution in [0.1, 0.15) is 84.0 Å². The third kappa shape index (κ3) is 19.7. The van der Waals surface area contributed by atoms with Crippen molar-refractivity contribution in [2.24, 2.45) is 0 Å². The van der Waals surface area contributed by atoms with Crippen LogP contribution in [0.3, 0.4) is 0 Å². The number of unbranched alkanes of at least 4 members (excludes halogenated alkanes) is 8. The molecule has 26 heavy (non-hydrogen) atoms. The van der Waals surface area contributed by atoms with E-state index in [1.54, 1.807) is 7.05 Å². The number of hydrogen-bond acceptors (Lipinski definition) is 2. The first-order valence-electron chi connectivity index (χ1n) is 9.83. The number of rotatable bonds is 16. The Bertz CT molecular complexity index is 408. The second-order valence-electron chi connectivity index (χ2n) is 6.62. The number of amides is 1. The van der Waals surface area contributed by atoms with E-state index in [0.29, 0.717) is 6.42 Å². The van der Waals surface area contributed by atoms with Crippen molar-refractivity contribution >= 4 is 41.4 Å². The van der Waals surface area contributed by atoms with Crippen LogP contribution in [0.5, 0.6) is 0 Å². The monoisotopic (exact) mass is 374 g/mol. The minimum atomic E-state index is -0.962. The Morgan fingerprint density at radius 1 is 0.846 bits per heavy atom. The number of carboxylic acid groups (broad SMARTS) is 1. The number of carbonyl (C=O) groups excluding carboxylic acids is 1. The summed E-state index contributed by atoms with van der Waals surface area (Å²) >= 11 is 0. The van der Waals surface area contributed by atoms with Crippen LogP contribution < -0.4 is 0 Å². The van der Waals surface area contributed by atoms with Crippen LogP contribution in [-0.4, -0.2) is 65.0 Å². The Balaban J connectivity index is 0.